The van der Waals surface area contributed by atoms with Gasteiger partial charge in [-0.25, -0.2) is 0 Å². The Hall–Kier alpha value is -2.18. The average Bonchev–Trinajstić information content (AvgIpc) is 2.41. The summed E-state index contributed by atoms with van der Waals surface area (Å²) in [5.74, 6) is -0.838. The minimum absolute atomic E-state index is 0.0137. The molecular formula is C15H18F3NO3. The van der Waals surface area contributed by atoms with Crippen molar-refractivity contribution < 1.29 is 27.4 Å². The molecule has 0 aliphatic heterocycles. The minimum Gasteiger partial charge on any atom is -0.489 e. The lowest BCUT2D eigenvalue weighted by Crippen LogP contribution is -2.24. The highest BCUT2D eigenvalue weighted by molar-refractivity contribution is 5.92. The third-order valence-electron chi connectivity index (χ3n) is 2.56. The highest BCUT2D eigenvalue weighted by Crippen LogP contribution is 2.35. The summed E-state index contributed by atoms with van der Waals surface area (Å²) in [6.45, 7) is 7.10. The van der Waals surface area contributed by atoms with Gasteiger partial charge in [-0.05, 0) is 19.4 Å². The molecule has 122 valence electrons. The molecule has 0 radical (unpaired) electrons. The first kappa shape index (κ1) is 17.9. The summed E-state index contributed by atoms with van der Waals surface area (Å²) in [4.78, 5) is 11.5. The number of carbonyl (C=O) groups is 1. The Balaban J connectivity index is 3.01. The number of hydrogen-bond donors (Lipinski definition) is 1. The first-order valence-electron chi connectivity index (χ1n) is 6.68. The van der Waals surface area contributed by atoms with E-state index in [4.69, 9.17) is 4.74 Å². The van der Waals surface area contributed by atoms with Gasteiger partial charge in [-0.1, -0.05) is 25.6 Å². The van der Waals surface area contributed by atoms with E-state index in [2.05, 4.69) is 16.6 Å². The summed E-state index contributed by atoms with van der Waals surface area (Å²) in [7, 11) is 0. The zero-order valence-corrected chi connectivity index (χ0v) is 12.4. The molecule has 1 aromatic rings. The van der Waals surface area contributed by atoms with Crippen LogP contribution in [0.25, 0.3) is 0 Å². The normalized spacial score (nSPS) is 11.0. The van der Waals surface area contributed by atoms with Crippen molar-refractivity contribution in [2.45, 2.75) is 33.2 Å². The highest BCUT2D eigenvalue weighted by Gasteiger charge is 2.33. The molecule has 0 spiro atoms. The molecule has 0 heterocycles. The maximum absolute atomic E-state index is 12.4. The Morgan fingerprint density at radius 2 is 2.05 bits per heavy atom. The standard InChI is InChI=1S/C15H18F3NO3/c1-4-8-21-13-11(9-19-14(20)10(2)3)6-5-7-12(13)22-15(16,17)18/h5-7H,2,4,8-9H2,1,3H3,(H,19,20). The van der Waals surface area contributed by atoms with Crippen molar-refractivity contribution in [3.8, 4) is 11.5 Å². The fourth-order valence-corrected chi connectivity index (χ4v) is 1.60. The van der Waals surface area contributed by atoms with Crippen LogP contribution in [0.1, 0.15) is 25.8 Å². The molecule has 1 rings (SSSR count). The van der Waals surface area contributed by atoms with Gasteiger partial charge in [0.05, 0.1) is 6.61 Å². The molecular weight excluding hydrogens is 299 g/mol. The van der Waals surface area contributed by atoms with Crippen LogP contribution in [0.2, 0.25) is 0 Å². The van der Waals surface area contributed by atoms with E-state index in [-0.39, 0.29) is 24.8 Å². The number of carbonyl (C=O) groups excluding carboxylic acids is 1. The van der Waals surface area contributed by atoms with Crippen LogP contribution in [-0.2, 0) is 11.3 Å². The number of para-hydroxylation sites is 1. The van der Waals surface area contributed by atoms with E-state index in [1.807, 2.05) is 6.92 Å². The molecule has 0 aliphatic rings. The number of rotatable bonds is 7. The van der Waals surface area contributed by atoms with Crippen molar-refractivity contribution in [3.05, 3.63) is 35.9 Å². The molecule has 22 heavy (non-hydrogen) atoms. The molecule has 0 aromatic heterocycles. The van der Waals surface area contributed by atoms with Crippen LogP contribution in [0.5, 0.6) is 11.5 Å². The Bertz CT molecular complexity index is 541. The van der Waals surface area contributed by atoms with E-state index in [1.165, 1.54) is 19.1 Å². The average molecular weight is 317 g/mol. The number of ether oxygens (including phenoxy) is 2. The molecule has 7 heteroatoms. The second-order valence-corrected chi connectivity index (χ2v) is 4.60. The Morgan fingerprint density at radius 3 is 2.59 bits per heavy atom. The van der Waals surface area contributed by atoms with E-state index in [0.717, 1.165) is 0 Å². The molecule has 0 unspecified atom stereocenters. The van der Waals surface area contributed by atoms with Gasteiger partial charge >= 0.3 is 6.36 Å². The van der Waals surface area contributed by atoms with E-state index < -0.39 is 12.1 Å². The molecule has 0 aliphatic carbocycles. The van der Waals surface area contributed by atoms with E-state index >= 15 is 0 Å². The van der Waals surface area contributed by atoms with Crippen molar-refractivity contribution in [2.75, 3.05) is 6.61 Å². The highest BCUT2D eigenvalue weighted by atomic mass is 19.4. The molecule has 0 atom stereocenters. The van der Waals surface area contributed by atoms with Gasteiger partial charge in [0.25, 0.3) is 0 Å². The molecule has 1 amide bonds. The SMILES string of the molecule is C=C(C)C(=O)NCc1cccc(OC(F)(F)F)c1OCCC. The van der Waals surface area contributed by atoms with Gasteiger partial charge in [-0.2, -0.15) is 0 Å². The van der Waals surface area contributed by atoms with Crippen LogP contribution in [0.3, 0.4) is 0 Å². The van der Waals surface area contributed by atoms with Gasteiger partial charge in [0.1, 0.15) is 0 Å². The molecule has 0 saturated carbocycles. The maximum Gasteiger partial charge on any atom is 0.573 e. The largest absolute Gasteiger partial charge is 0.573 e. The smallest absolute Gasteiger partial charge is 0.489 e. The van der Waals surface area contributed by atoms with Gasteiger partial charge < -0.3 is 14.8 Å². The van der Waals surface area contributed by atoms with Crippen molar-refractivity contribution >= 4 is 5.91 Å². The number of hydrogen-bond acceptors (Lipinski definition) is 3. The van der Waals surface area contributed by atoms with Crippen LogP contribution in [0.4, 0.5) is 13.2 Å². The van der Waals surface area contributed by atoms with Gasteiger partial charge in [0.2, 0.25) is 5.91 Å². The van der Waals surface area contributed by atoms with Crippen molar-refractivity contribution in [2.24, 2.45) is 0 Å². The minimum atomic E-state index is -4.82. The third kappa shape index (κ3) is 5.67. The summed E-state index contributed by atoms with van der Waals surface area (Å²) in [5, 5.41) is 2.55. The Kier molecular flexibility index (Phi) is 6.27. The van der Waals surface area contributed by atoms with E-state index in [1.54, 1.807) is 6.07 Å². The molecule has 1 aromatic carbocycles. The molecule has 1 N–H and O–H groups in total. The zero-order chi connectivity index (χ0) is 16.8. The number of amides is 1. The number of alkyl halides is 3. The van der Waals surface area contributed by atoms with Gasteiger partial charge in [-0.15, -0.1) is 13.2 Å². The lowest BCUT2D eigenvalue weighted by atomic mass is 10.1. The van der Waals surface area contributed by atoms with Crippen LogP contribution < -0.4 is 14.8 Å². The van der Waals surface area contributed by atoms with Crippen LogP contribution in [0.15, 0.2) is 30.4 Å². The predicted octanol–water partition coefficient (Wildman–Crippen LogP) is 3.57. The predicted molar refractivity (Wildman–Crippen MR) is 75.6 cm³/mol. The Labute approximate surface area is 126 Å². The van der Waals surface area contributed by atoms with Crippen LogP contribution >= 0.6 is 0 Å². The second-order valence-electron chi connectivity index (χ2n) is 4.60. The fraction of sp³-hybridized carbons (Fsp3) is 0.400. The van der Waals surface area contributed by atoms with Crippen LogP contribution in [0, 0.1) is 0 Å². The summed E-state index contributed by atoms with van der Waals surface area (Å²) >= 11 is 0. The molecule has 4 nitrogen and oxygen atoms in total. The summed E-state index contributed by atoms with van der Waals surface area (Å²) in [6, 6.07) is 4.14. The third-order valence-corrected chi connectivity index (χ3v) is 2.56. The van der Waals surface area contributed by atoms with Crippen molar-refractivity contribution in [1.29, 1.82) is 0 Å². The monoisotopic (exact) mass is 317 g/mol. The quantitative estimate of drug-likeness (QED) is 0.782. The topological polar surface area (TPSA) is 47.6 Å². The summed E-state index contributed by atoms with van der Waals surface area (Å²) in [5.41, 5.74) is 0.698. The van der Waals surface area contributed by atoms with E-state index in [9.17, 15) is 18.0 Å². The fourth-order valence-electron chi connectivity index (χ4n) is 1.60. The number of benzene rings is 1. The first-order chi connectivity index (χ1) is 10.2. The number of halogens is 3. The lowest BCUT2D eigenvalue weighted by molar-refractivity contribution is -0.275. The summed E-state index contributed by atoms with van der Waals surface area (Å²) < 4.78 is 46.6. The molecule has 0 saturated heterocycles. The maximum atomic E-state index is 12.4. The summed E-state index contributed by atoms with van der Waals surface area (Å²) in [6.07, 6.45) is -4.19. The number of nitrogens with one attached hydrogen (secondary N) is 1. The lowest BCUT2D eigenvalue weighted by Gasteiger charge is -2.17. The van der Waals surface area contributed by atoms with E-state index in [0.29, 0.717) is 17.6 Å². The molecule has 0 bridgehead atoms. The van der Waals surface area contributed by atoms with Gasteiger partial charge in [0, 0.05) is 17.7 Å². The van der Waals surface area contributed by atoms with Crippen molar-refractivity contribution in [1.82, 2.24) is 5.32 Å². The molecule has 0 fully saturated rings. The zero-order valence-electron chi connectivity index (χ0n) is 12.4. The van der Waals surface area contributed by atoms with Gasteiger partial charge in [-0.3, -0.25) is 4.79 Å². The Morgan fingerprint density at radius 1 is 1.36 bits per heavy atom. The first-order valence-corrected chi connectivity index (χ1v) is 6.68. The van der Waals surface area contributed by atoms with Crippen LogP contribution in [-0.4, -0.2) is 18.9 Å². The van der Waals surface area contributed by atoms with Gasteiger partial charge in [0.15, 0.2) is 11.5 Å². The second kappa shape index (κ2) is 7.72. The van der Waals surface area contributed by atoms with Crippen molar-refractivity contribution in [3.63, 3.8) is 0 Å².